The molecule has 3 rings (SSSR count). The molecule has 0 atom stereocenters. The molecule has 1 aromatic heterocycles. The van der Waals surface area contributed by atoms with E-state index in [-0.39, 0.29) is 5.91 Å². The largest absolute Gasteiger partial charge is 0.335 e. The van der Waals surface area contributed by atoms with Gasteiger partial charge in [0.15, 0.2) is 0 Å². The van der Waals surface area contributed by atoms with Gasteiger partial charge in [0, 0.05) is 25.9 Å². The lowest BCUT2D eigenvalue weighted by molar-refractivity contribution is -0.130. The fourth-order valence-corrected chi connectivity index (χ4v) is 2.99. The van der Waals surface area contributed by atoms with E-state index >= 15 is 0 Å². The van der Waals surface area contributed by atoms with Crippen LogP contribution in [0.15, 0.2) is 0 Å². The quantitative estimate of drug-likeness (QED) is 0.735. The highest BCUT2D eigenvalue weighted by Gasteiger charge is 2.32. The van der Waals surface area contributed by atoms with Gasteiger partial charge in [0.25, 0.3) is 0 Å². The molecule has 1 fully saturated rings. The molecule has 16 heavy (non-hydrogen) atoms. The molecule has 0 bridgehead atoms. The molecular formula is C11H14IN3O. The van der Waals surface area contributed by atoms with Crippen LogP contribution in [-0.2, 0) is 17.9 Å². The van der Waals surface area contributed by atoms with Gasteiger partial charge in [0.1, 0.15) is 9.53 Å². The zero-order valence-corrected chi connectivity index (χ0v) is 11.4. The summed E-state index contributed by atoms with van der Waals surface area (Å²) < 4.78 is 3.41. The number of nitrogens with zero attached hydrogens (tertiary/aromatic N) is 3. The van der Waals surface area contributed by atoms with Gasteiger partial charge in [0.2, 0.25) is 5.91 Å². The zero-order valence-electron chi connectivity index (χ0n) is 9.24. The number of rotatable bonds is 1. The minimum atomic E-state index is 0.163. The van der Waals surface area contributed by atoms with Gasteiger partial charge in [-0.25, -0.2) is 4.98 Å². The first-order valence-corrected chi connectivity index (χ1v) is 6.75. The predicted octanol–water partition coefficient (Wildman–Crippen LogP) is 1.73. The number of imidazole rings is 1. The molecule has 0 radical (unpaired) electrons. The van der Waals surface area contributed by atoms with Crippen molar-refractivity contribution in [1.82, 2.24) is 14.5 Å². The fraction of sp³-hybridized carbons (Fsp3) is 0.636. The van der Waals surface area contributed by atoms with Crippen LogP contribution in [0.25, 0.3) is 0 Å². The summed E-state index contributed by atoms with van der Waals surface area (Å²) in [6.07, 6.45) is 2.56. The van der Waals surface area contributed by atoms with Crippen molar-refractivity contribution >= 4 is 28.5 Å². The number of halogens is 1. The second kappa shape index (κ2) is 3.72. The normalized spacial score (nSPS) is 19.8. The maximum Gasteiger partial charge on any atom is 0.219 e. The molecule has 0 N–H and O–H groups in total. The molecule has 0 unspecified atom stereocenters. The Hall–Kier alpha value is -0.590. The van der Waals surface area contributed by atoms with Crippen LogP contribution in [0.2, 0.25) is 0 Å². The lowest BCUT2D eigenvalue weighted by Gasteiger charge is -2.28. The second-order valence-corrected chi connectivity index (χ2v) is 5.60. The summed E-state index contributed by atoms with van der Waals surface area (Å²) in [7, 11) is 0. The molecule has 1 aliphatic carbocycles. The molecule has 0 saturated heterocycles. The van der Waals surface area contributed by atoms with Gasteiger partial charge in [-0.05, 0) is 35.4 Å². The summed E-state index contributed by atoms with van der Waals surface area (Å²) >= 11 is 2.29. The Bertz CT molecular complexity index is 450. The summed E-state index contributed by atoms with van der Waals surface area (Å²) in [5.74, 6) is 2.10. The lowest BCUT2D eigenvalue weighted by atomic mass is 10.3. The molecule has 0 spiro atoms. The predicted molar refractivity (Wildman–Crippen MR) is 68.0 cm³/mol. The van der Waals surface area contributed by atoms with Crippen LogP contribution in [0.3, 0.4) is 0 Å². The van der Waals surface area contributed by atoms with Gasteiger partial charge in [-0.2, -0.15) is 0 Å². The highest BCUT2D eigenvalue weighted by Crippen LogP contribution is 2.41. The molecule has 0 aromatic carbocycles. The van der Waals surface area contributed by atoms with Crippen molar-refractivity contribution in [2.75, 3.05) is 6.54 Å². The first-order valence-electron chi connectivity index (χ1n) is 5.67. The van der Waals surface area contributed by atoms with Crippen molar-refractivity contribution in [1.29, 1.82) is 0 Å². The highest BCUT2D eigenvalue weighted by molar-refractivity contribution is 14.1. The summed E-state index contributed by atoms with van der Waals surface area (Å²) in [6, 6.07) is 0. The van der Waals surface area contributed by atoms with Crippen molar-refractivity contribution in [3.63, 3.8) is 0 Å². The third kappa shape index (κ3) is 1.65. The Labute approximate surface area is 108 Å². The van der Waals surface area contributed by atoms with Crippen LogP contribution < -0.4 is 0 Å². The van der Waals surface area contributed by atoms with Crippen molar-refractivity contribution in [3.8, 4) is 0 Å². The van der Waals surface area contributed by atoms with E-state index in [0.29, 0.717) is 5.92 Å². The summed E-state index contributed by atoms with van der Waals surface area (Å²) in [5.41, 5.74) is 1.23. The first-order chi connectivity index (χ1) is 7.66. The summed E-state index contributed by atoms with van der Waals surface area (Å²) in [4.78, 5) is 17.9. The van der Waals surface area contributed by atoms with Crippen molar-refractivity contribution in [2.24, 2.45) is 0 Å². The fourth-order valence-electron chi connectivity index (χ4n) is 2.28. The SMILES string of the molecule is CC(=O)N1CCn2c(C3CC3)nc(I)c2C1. The maximum absolute atomic E-state index is 11.4. The number of fused-ring (bicyclic) bond motifs is 1. The van der Waals surface area contributed by atoms with Crippen LogP contribution in [0, 0.1) is 3.70 Å². The van der Waals surface area contributed by atoms with Crippen molar-refractivity contribution < 1.29 is 4.79 Å². The third-order valence-electron chi connectivity index (χ3n) is 3.38. The second-order valence-electron chi connectivity index (χ2n) is 4.57. The average molecular weight is 331 g/mol. The van der Waals surface area contributed by atoms with Crippen LogP contribution in [0.5, 0.6) is 0 Å². The van der Waals surface area contributed by atoms with Crippen LogP contribution in [0.4, 0.5) is 0 Å². The topological polar surface area (TPSA) is 38.1 Å². The molecule has 1 amide bonds. The van der Waals surface area contributed by atoms with Gasteiger partial charge in [-0.3, -0.25) is 4.79 Å². The van der Waals surface area contributed by atoms with E-state index in [2.05, 4.69) is 32.1 Å². The third-order valence-corrected chi connectivity index (χ3v) is 4.24. The van der Waals surface area contributed by atoms with Crippen LogP contribution in [-0.4, -0.2) is 26.9 Å². The standard InChI is InChI=1S/C11H14IN3O/c1-7(16)14-4-5-15-9(6-14)10(12)13-11(15)8-2-3-8/h8H,2-6H2,1H3. The van der Waals surface area contributed by atoms with E-state index in [0.717, 1.165) is 23.3 Å². The molecule has 5 heteroatoms. The lowest BCUT2D eigenvalue weighted by Crippen LogP contribution is -2.37. The van der Waals surface area contributed by atoms with Crippen molar-refractivity contribution in [3.05, 3.63) is 15.2 Å². The number of carbonyl (C=O) groups is 1. The van der Waals surface area contributed by atoms with Crippen molar-refractivity contribution in [2.45, 2.75) is 38.8 Å². The van der Waals surface area contributed by atoms with Gasteiger partial charge in [-0.15, -0.1) is 0 Å². The molecule has 1 aliphatic heterocycles. The van der Waals surface area contributed by atoms with Gasteiger partial charge in [0.05, 0.1) is 12.2 Å². The molecule has 1 aromatic rings. The molecule has 2 heterocycles. The number of aromatic nitrogens is 2. The minimum Gasteiger partial charge on any atom is -0.335 e. The smallest absolute Gasteiger partial charge is 0.219 e. The first kappa shape index (κ1) is 10.6. The number of amides is 1. The number of carbonyl (C=O) groups excluding carboxylic acids is 1. The Morgan fingerprint density at radius 3 is 2.81 bits per heavy atom. The van der Waals surface area contributed by atoms with E-state index < -0.39 is 0 Å². The Morgan fingerprint density at radius 2 is 2.19 bits per heavy atom. The van der Waals surface area contributed by atoms with E-state index in [1.807, 2.05) is 4.90 Å². The summed E-state index contributed by atoms with van der Waals surface area (Å²) in [5, 5.41) is 0. The van der Waals surface area contributed by atoms with E-state index in [9.17, 15) is 4.79 Å². The molecular weight excluding hydrogens is 317 g/mol. The Kier molecular flexibility index (Phi) is 2.45. The Balaban J connectivity index is 1.95. The number of hydrogen-bond acceptors (Lipinski definition) is 2. The number of hydrogen-bond donors (Lipinski definition) is 0. The molecule has 2 aliphatic rings. The Morgan fingerprint density at radius 1 is 1.44 bits per heavy atom. The summed E-state index contributed by atoms with van der Waals surface area (Å²) in [6.45, 7) is 4.11. The van der Waals surface area contributed by atoms with Gasteiger partial charge < -0.3 is 9.47 Å². The highest BCUT2D eigenvalue weighted by atomic mass is 127. The minimum absolute atomic E-state index is 0.163. The zero-order chi connectivity index (χ0) is 11.3. The van der Waals surface area contributed by atoms with Gasteiger partial charge in [-0.1, -0.05) is 0 Å². The van der Waals surface area contributed by atoms with E-state index in [4.69, 9.17) is 0 Å². The maximum atomic E-state index is 11.4. The average Bonchev–Trinajstić information content (AvgIpc) is 3.04. The van der Waals surface area contributed by atoms with E-state index in [1.54, 1.807) is 6.92 Å². The van der Waals surface area contributed by atoms with Crippen LogP contribution >= 0.6 is 22.6 Å². The van der Waals surface area contributed by atoms with Crippen LogP contribution in [0.1, 0.15) is 37.2 Å². The molecule has 4 nitrogen and oxygen atoms in total. The monoisotopic (exact) mass is 331 g/mol. The van der Waals surface area contributed by atoms with E-state index in [1.165, 1.54) is 24.4 Å². The molecule has 86 valence electrons. The molecule has 1 saturated carbocycles. The van der Waals surface area contributed by atoms with Gasteiger partial charge >= 0.3 is 0 Å².